The van der Waals surface area contributed by atoms with Crippen LogP contribution in [0.1, 0.15) is 43.7 Å². The Morgan fingerprint density at radius 3 is 2.48 bits per heavy atom. The van der Waals surface area contributed by atoms with E-state index in [0.717, 1.165) is 51.4 Å². The molecular weight excluding hydrogens is 360 g/mol. The molecule has 154 valence electrons. The maximum absolute atomic E-state index is 6.36. The van der Waals surface area contributed by atoms with Crippen molar-refractivity contribution in [2.24, 2.45) is 0 Å². The zero-order valence-electron chi connectivity index (χ0n) is 17.5. The maximum Gasteiger partial charge on any atom is 0.142 e. The molecule has 4 heteroatoms. The van der Waals surface area contributed by atoms with E-state index in [2.05, 4.69) is 65.3 Å². The second kappa shape index (κ2) is 8.00. The Bertz CT molecular complexity index is 836. The van der Waals surface area contributed by atoms with Gasteiger partial charge in [-0.3, -0.25) is 4.90 Å². The highest BCUT2D eigenvalue weighted by molar-refractivity contribution is 5.58. The predicted molar refractivity (Wildman–Crippen MR) is 117 cm³/mol. The highest BCUT2D eigenvalue weighted by Crippen LogP contribution is 2.47. The molecule has 3 aliphatic rings. The molecule has 2 heterocycles. The van der Waals surface area contributed by atoms with Gasteiger partial charge in [-0.2, -0.15) is 0 Å². The van der Waals surface area contributed by atoms with Gasteiger partial charge in [-0.1, -0.05) is 36.4 Å². The van der Waals surface area contributed by atoms with Gasteiger partial charge >= 0.3 is 0 Å². The number of rotatable bonds is 4. The fourth-order valence-corrected chi connectivity index (χ4v) is 5.56. The van der Waals surface area contributed by atoms with E-state index in [1.807, 2.05) is 0 Å². The third kappa shape index (κ3) is 3.53. The smallest absolute Gasteiger partial charge is 0.142 e. The van der Waals surface area contributed by atoms with Crippen LogP contribution in [0.2, 0.25) is 0 Å². The normalized spacial score (nSPS) is 27.2. The number of ether oxygens (including phenoxy) is 2. The molecule has 1 spiro atoms. The van der Waals surface area contributed by atoms with E-state index in [4.69, 9.17) is 9.47 Å². The van der Waals surface area contributed by atoms with Crippen LogP contribution in [0.15, 0.2) is 48.5 Å². The van der Waals surface area contributed by atoms with E-state index in [9.17, 15) is 0 Å². The number of hydrogen-bond acceptors (Lipinski definition) is 4. The lowest BCUT2D eigenvalue weighted by atomic mass is 9.77. The minimum absolute atomic E-state index is 0.00858. The summed E-state index contributed by atoms with van der Waals surface area (Å²) in [5.41, 5.74) is 4.08. The minimum Gasteiger partial charge on any atom is -0.492 e. The van der Waals surface area contributed by atoms with Crippen LogP contribution in [-0.2, 0) is 16.9 Å². The van der Waals surface area contributed by atoms with Gasteiger partial charge in [0.05, 0.1) is 24.5 Å². The summed E-state index contributed by atoms with van der Waals surface area (Å²) in [5.74, 6) is 1.01. The van der Waals surface area contributed by atoms with Gasteiger partial charge in [0.1, 0.15) is 5.75 Å². The van der Waals surface area contributed by atoms with Crippen molar-refractivity contribution in [3.63, 3.8) is 0 Å². The minimum atomic E-state index is -0.00858. The molecule has 29 heavy (non-hydrogen) atoms. The van der Waals surface area contributed by atoms with Crippen LogP contribution in [0.5, 0.6) is 5.75 Å². The molecule has 0 amide bonds. The van der Waals surface area contributed by atoms with Gasteiger partial charge in [-0.15, -0.1) is 0 Å². The number of nitrogens with zero attached hydrogens (tertiary/aromatic N) is 2. The van der Waals surface area contributed by atoms with Crippen molar-refractivity contribution in [1.29, 1.82) is 0 Å². The van der Waals surface area contributed by atoms with Crippen LogP contribution in [-0.4, -0.2) is 43.7 Å². The quantitative estimate of drug-likeness (QED) is 0.761. The van der Waals surface area contributed by atoms with Crippen LogP contribution in [0.3, 0.4) is 0 Å². The lowest BCUT2D eigenvalue weighted by Crippen LogP contribution is -2.52. The topological polar surface area (TPSA) is 24.9 Å². The summed E-state index contributed by atoms with van der Waals surface area (Å²) in [6, 6.07) is 18.0. The number of benzene rings is 2. The Hall–Kier alpha value is -2.04. The number of para-hydroxylation sites is 2. The van der Waals surface area contributed by atoms with E-state index in [-0.39, 0.29) is 5.60 Å². The second-order valence-corrected chi connectivity index (χ2v) is 8.60. The highest BCUT2D eigenvalue weighted by Gasteiger charge is 2.43. The first-order valence-electron chi connectivity index (χ1n) is 11.2. The molecule has 1 aliphatic carbocycles. The molecule has 0 N–H and O–H groups in total. The van der Waals surface area contributed by atoms with Gasteiger partial charge in [0.15, 0.2) is 0 Å². The Labute approximate surface area is 174 Å². The first kappa shape index (κ1) is 19.0. The van der Waals surface area contributed by atoms with Gasteiger partial charge in [0.25, 0.3) is 0 Å². The Balaban J connectivity index is 1.19. The lowest BCUT2D eigenvalue weighted by Gasteiger charge is -2.45. The molecule has 0 unspecified atom stereocenters. The lowest BCUT2D eigenvalue weighted by molar-refractivity contribution is -0.0777. The van der Waals surface area contributed by atoms with E-state index >= 15 is 0 Å². The number of anilines is 1. The first-order chi connectivity index (χ1) is 14.3. The Kier molecular flexibility index (Phi) is 5.23. The molecule has 5 rings (SSSR count). The SMILES string of the molecule is CCOc1ccccc1N1CCN(C2CCC3(CC2)OCc2ccccc23)CC1. The number of hydrogen-bond donors (Lipinski definition) is 0. The van der Waals surface area contributed by atoms with E-state index < -0.39 is 0 Å². The van der Waals surface area contributed by atoms with Crippen LogP contribution >= 0.6 is 0 Å². The Morgan fingerprint density at radius 1 is 0.966 bits per heavy atom. The molecule has 2 fully saturated rings. The molecule has 2 aromatic rings. The fraction of sp³-hybridized carbons (Fsp3) is 0.520. The van der Waals surface area contributed by atoms with E-state index in [0.29, 0.717) is 12.6 Å². The zero-order chi connectivity index (χ0) is 19.7. The molecule has 2 aliphatic heterocycles. The third-order valence-corrected chi connectivity index (χ3v) is 7.11. The second-order valence-electron chi connectivity index (χ2n) is 8.60. The van der Waals surface area contributed by atoms with Gasteiger partial charge in [-0.25, -0.2) is 0 Å². The van der Waals surface area contributed by atoms with Crippen molar-refractivity contribution in [1.82, 2.24) is 4.90 Å². The molecule has 2 aromatic carbocycles. The summed E-state index contributed by atoms with van der Waals surface area (Å²) in [5, 5.41) is 0. The maximum atomic E-state index is 6.36. The van der Waals surface area contributed by atoms with Crippen molar-refractivity contribution < 1.29 is 9.47 Å². The standard InChI is InChI=1S/C25H32N2O2/c1-2-28-24-10-6-5-9-23(24)27-17-15-26(16-18-27)21-11-13-25(14-12-21)22-8-4-3-7-20(22)19-29-25/h3-10,21H,2,11-19H2,1H3. The van der Waals surface area contributed by atoms with Crippen molar-refractivity contribution in [2.45, 2.75) is 50.9 Å². The molecule has 1 saturated heterocycles. The number of piperazine rings is 1. The summed E-state index contributed by atoms with van der Waals surface area (Å²) in [4.78, 5) is 5.20. The fourth-order valence-electron chi connectivity index (χ4n) is 5.56. The molecule has 0 radical (unpaired) electrons. The molecular formula is C25H32N2O2. The molecule has 0 aromatic heterocycles. The largest absolute Gasteiger partial charge is 0.492 e. The van der Waals surface area contributed by atoms with Crippen molar-refractivity contribution in [3.8, 4) is 5.75 Å². The summed E-state index contributed by atoms with van der Waals surface area (Å²) in [6.45, 7) is 7.98. The van der Waals surface area contributed by atoms with Crippen LogP contribution in [0.4, 0.5) is 5.69 Å². The third-order valence-electron chi connectivity index (χ3n) is 7.11. The predicted octanol–water partition coefficient (Wildman–Crippen LogP) is 4.58. The summed E-state index contributed by atoms with van der Waals surface area (Å²) in [6.07, 6.45) is 4.79. The van der Waals surface area contributed by atoms with Crippen LogP contribution in [0, 0.1) is 0 Å². The zero-order valence-corrected chi connectivity index (χ0v) is 17.5. The average Bonchev–Trinajstić information content (AvgIpc) is 3.13. The highest BCUT2D eigenvalue weighted by atomic mass is 16.5. The van der Waals surface area contributed by atoms with Crippen LogP contribution in [0.25, 0.3) is 0 Å². The van der Waals surface area contributed by atoms with E-state index in [1.54, 1.807) is 0 Å². The van der Waals surface area contributed by atoms with Crippen molar-refractivity contribution >= 4 is 5.69 Å². The monoisotopic (exact) mass is 392 g/mol. The Morgan fingerprint density at radius 2 is 1.69 bits per heavy atom. The van der Waals surface area contributed by atoms with Crippen molar-refractivity contribution in [3.05, 3.63) is 59.7 Å². The summed E-state index contributed by atoms with van der Waals surface area (Å²) in [7, 11) is 0. The first-order valence-corrected chi connectivity index (χ1v) is 11.2. The van der Waals surface area contributed by atoms with Gasteiger partial charge < -0.3 is 14.4 Å². The molecule has 0 atom stereocenters. The molecule has 0 bridgehead atoms. The number of fused-ring (bicyclic) bond motifs is 2. The van der Waals surface area contributed by atoms with Gasteiger partial charge in [0, 0.05) is 32.2 Å². The van der Waals surface area contributed by atoms with Crippen molar-refractivity contribution in [2.75, 3.05) is 37.7 Å². The average molecular weight is 393 g/mol. The molecule has 1 saturated carbocycles. The van der Waals surface area contributed by atoms with Crippen LogP contribution < -0.4 is 9.64 Å². The summed E-state index contributed by atoms with van der Waals surface area (Å²) < 4.78 is 12.2. The summed E-state index contributed by atoms with van der Waals surface area (Å²) >= 11 is 0. The molecule has 4 nitrogen and oxygen atoms in total. The van der Waals surface area contributed by atoms with Gasteiger partial charge in [0.2, 0.25) is 0 Å². The van der Waals surface area contributed by atoms with Gasteiger partial charge in [-0.05, 0) is 55.9 Å². The van der Waals surface area contributed by atoms with E-state index in [1.165, 1.54) is 29.7 Å².